The predicted octanol–water partition coefficient (Wildman–Crippen LogP) is 1.39. The second-order valence-corrected chi connectivity index (χ2v) is 7.33. The molecule has 5 nitrogen and oxygen atoms in total. The summed E-state index contributed by atoms with van der Waals surface area (Å²) in [5, 5.41) is 3.25. The van der Waals surface area contributed by atoms with Crippen molar-refractivity contribution in [2.75, 3.05) is 0 Å². The third kappa shape index (κ3) is 1.74. The first-order valence-electron chi connectivity index (χ1n) is 6.61. The summed E-state index contributed by atoms with van der Waals surface area (Å²) in [5.74, 6) is -0.252. The van der Waals surface area contributed by atoms with Gasteiger partial charge in [-0.15, -0.1) is 0 Å². The molecule has 4 rings (SSSR count). The fourth-order valence-electron chi connectivity index (χ4n) is 2.68. The van der Waals surface area contributed by atoms with Crippen molar-refractivity contribution < 1.29 is 9.36 Å². The summed E-state index contributed by atoms with van der Waals surface area (Å²) >= 11 is 0. The van der Waals surface area contributed by atoms with Crippen LogP contribution >= 0.6 is 7.29 Å². The normalized spacial score (nSPS) is 21.0. The van der Waals surface area contributed by atoms with E-state index in [1.54, 1.807) is 16.7 Å². The molecule has 2 heterocycles. The van der Waals surface area contributed by atoms with Crippen LogP contribution in [0.1, 0.15) is 0 Å². The van der Waals surface area contributed by atoms with E-state index >= 15 is 0 Å². The van der Waals surface area contributed by atoms with Crippen molar-refractivity contribution in [1.29, 1.82) is 0 Å². The highest BCUT2D eigenvalue weighted by atomic mass is 31.2. The van der Waals surface area contributed by atoms with Crippen molar-refractivity contribution >= 4 is 35.1 Å². The van der Waals surface area contributed by atoms with Gasteiger partial charge in [0, 0.05) is 5.30 Å². The van der Waals surface area contributed by atoms with Gasteiger partial charge in [0.1, 0.15) is 6.54 Å². The molecule has 1 N–H and O–H groups in total. The van der Waals surface area contributed by atoms with E-state index in [1.807, 2.05) is 42.5 Å². The van der Waals surface area contributed by atoms with Crippen LogP contribution < -0.4 is 16.0 Å². The van der Waals surface area contributed by atoms with Crippen LogP contribution in [0.25, 0.3) is 11.0 Å². The zero-order valence-corrected chi connectivity index (χ0v) is 12.0. The third-order valence-corrected chi connectivity index (χ3v) is 6.11. The van der Waals surface area contributed by atoms with Crippen molar-refractivity contribution in [3.8, 4) is 0 Å². The summed E-state index contributed by atoms with van der Waals surface area (Å²) in [5.41, 5.74) is 2.02. The Balaban J connectivity index is 2.05. The molecule has 6 heteroatoms. The summed E-state index contributed by atoms with van der Waals surface area (Å²) < 4.78 is 15.2. The van der Waals surface area contributed by atoms with Gasteiger partial charge in [-0.05, 0) is 24.3 Å². The number of imidazole rings is 1. The van der Waals surface area contributed by atoms with Gasteiger partial charge in [-0.2, -0.15) is 0 Å². The molecule has 104 valence electrons. The van der Waals surface area contributed by atoms with Crippen LogP contribution in [-0.2, 0) is 15.9 Å². The molecule has 1 aromatic heterocycles. The molecule has 2 aromatic carbocycles. The van der Waals surface area contributed by atoms with Crippen LogP contribution in [0.2, 0.25) is 0 Å². The molecule has 1 amide bonds. The average Bonchev–Trinajstić information content (AvgIpc) is 2.88. The number of rotatable bonds is 1. The summed E-state index contributed by atoms with van der Waals surface area (Å²) in [6.07, 6.45) is 0. The standard InChI is InChI=1S/C15H12N3O2P/c19-14-10-18-13-9-5-4-8-12(13)16-15(18)21(20,17-14)11-6-2-1-3-7-11/h1-9H,10H2,(H,17,19,20)/t21-/m0/s1. The van der Waals surface area contributed by atoms with Crippen LogP contribution in [0.3, 0.4) is 0 Å². The first-order chi connectivity index (χ1) is 10.2. The molecule has 0 saturated heterocycles. The molecule has 1 aliphatic rings. The maximum Gasteiger partial charge on any atom is 0.263 e. The Labute approximate surface area is 121 Å². The van der Waals surface area contributed by atoms with Crippen molar-refractivity contribution in [3.63, 3.8) is 0 Å². The van der Waals surface area contributed by atoms with E-state index in [2.05, 4.69) is 10.1 Å². The lowest BCUT2D eigenvalue weighted by Crippen LogP contribution is -2.44. The van der Waals surface area contributed by atoms with E-state index in [-0.39, 0.29) is 12.5 Å². The molecule has 3 aromatic rings. The minimum absolute atomic E-state index is 0.146. The average molecular weight is 297 g/mol. The highest BCUT2D eigenvalue weighted by molar-refractivity contribution is 7.77. The first-order valence-corrected chi connectivity index (χ1v) is 8.32. The molecule has 0 fully saturated rings. The van der Waals surface area contributed by atoms with E-state index in [0.717, 1.165) is 11.0 Å². The van der Waals surface area contributed by atoms with E-state index in [1.165, 1.54) is 0 Å². The Morgan fingerprint density at radius 3 is 2.57 bits per heavy atom. The van der Waals surface area contributed by atoms with Crippen LogP contribution in [0.4, 0.5) is 0 Å². The van der Waals surface area contributed by atoms with Crippen molar-refractivity contribution in [2.24, 2.45) is 0 Å². The number of fused-ring (bicyclic) bond motifs is 3. The molecule has 21 heavy (non-hydrogen) atoms. The smallest absolute Gasteiger partial charge is 0.263 e. The molecule has 1 aliphatic heterocycles. The summed E-state index contributed by atoms with van der Waals surface area (Å²) in [4.78, 5) is 16.5. The van der Waals surface area contributed by atoms with Gasteiger partial charge in [-0.3, -0.25) is 14.4 Å². The van der Waals surface area contributed by atoms with Gasteiger partial charge in [0.25, 0.3) is 7.29 Å². The zero-order valence-electron chi connectivity index (χ0n) is 11.1. The Hall–Kier alpha value is -2.39. The number of benzene rings is 2. The molecular weight excluding hydrogens is 285 g/mol. The molecule has 0 spiro atoms. The van der Waals surface area contributed by atoms with Gasteiger partial charge in [0.2, 0.25) is 5.91 Å². The maximum atomic E-state index is 13.4. The predicted molar refractivity (Wildman–Crippen MR) is 81.2 cm³/mol. The monoisotopic (exact) mass is 297 g/mol. The highest BCUT2D eigenvalue weighted by Crippen LogP contribution is 2.41. The lowest BCUT2D eigenvalue weighted by Gasteiger charge is -2.25. The van der Waals surface area contributed by atoms with Crippen molar-refractivity contribution in [3.05, 3.63) is 54.6 Å². The topological polar surface area (TPSA) is 64.0 Å². The Bertz CT molecular complexity index is 902. The number of amides is 1. The number of para-hydroxylation sites is 2. The van der Waals surface area contributed by atoms with E-state index in [0.29, 0.717) is 10.9 Å². The maximum absolute atomic E-state index is 13.4. The minimum atomic E-state index is -3.23. The lowest BCUT2D eigenvalue weighted by molar-refractivity contribution is -0.120. The Morgan fingerprint density at radius 2 is 1.76 bits per heavy atom. The number of nitrogens with one attached hydrogen (secondary N) is 1. The molecule has 0 radical (unpaired) electrons. The molecule has 0 unspecified atom stereocenters. The SMILES string of the molecule is O=C1Cn2c(nc3ccccc32)[P@@](=O)(c2ccccc2)N1. The summed E-state index contributed by atoms with van der Waals surface area (Å²) in [6, 6.07) is 16.5. The van der Waals surface area contributed by atoms with E-state index in [4.69, 9.17) is 0 Å². The highest BCUT2D eigenvalue weighted by Gasteiger charge is 2.39. The number of hydrogen-bond acceptors (Lipinski definition) is 3. The van der Waals surface area contributed by atoms with Crippen molar-refractivity contribution in [2.45, 2.75) is 6.54 Å². The fourth-order valence-corrected chi connectivity index (χ4v) is 4.92. The summed E-state index contributed by atoms with van der Waals surface area (Å²) in [6.45, 7) is 0.146. The number of carbonyl (C=O) groups is 1. The number of carbonyl (C=O) groups excluding carboxylic acids is 1. The second-order valence-electron chi connectivity index (χ2n) is 4.97. The van der Waals surface area contributed by atoms with Gasteiger partial charge in [-0.25, -0.2) is 4.98 Å². The Morgan fingerprint density at radius 1 is 1.05 bits per heavy atom. The van der Waals surface area contributed by atoms with Gasteiger partial charge in [0.15, 0.2) is 5.57 Å². The van der Waals surface area contributed by atoms with Gasteiger partial charge >= 0.3 is 0 Å². The van der Waals surface area contributed by atoms with Gasteiger partial charge in [-0.1, -0.05) is 30.3 Å². The van der Waals surface area contributed by atoms with Gasteiger partial charge in [0.05, 0.1) is 11.0 Å². The third-order valence-electron chi connectivity index (χ3n) is 3.62. The van der Waals surface area contributed by atoms with Crippen LogP contribution in [-0.4, -0.2) is 15.5 Å². The number of nitrogens with zero attached hydrogens (tertiary/aromatic N) is 2. The number of hydrogen-bond donors (Lipinski definition) is 1. The molecule has 0 bridgehead atoms. The lowest BCUT2D eigenvalue weighted by atomic mass is 10.3. The van der Waals surface area contributed by atoms with Gasteiger partial charge < -0.3 is 4.57 Å². The first kappa shape index (κ1) is 12.4. The largest absolute Gasteiger partial charge is 0.310 e. The fraction of sp³-hybridized carbons (Fsp3) is 0.0667. The number of aromatic nitrogens is 2. The minimum Gasteiger partial charge on any atom is -0.310 e. The molecule has 0 saturated carbocycles. The Kier molecular flexibility index (Phi) is 2.53. The van der Waals surface area contributed by atoms with E-state index < -0.39 is 7.29 Å². The zero-order chi connectivity index (χ0) is 14.4. The van der Waals surface area contributed by atoms with Crippen molar-refractivity contribution in [1.82, 2.24) is 14.6 Å². The molecular formula is C15H12N3O2P. The summed E-state index contributed by atoms with van der Waals surface area (Å²) in [7, 11) is -3.23. The molecule has 0 aliphatic carbocycles. The quantitative estimate of drug-likeness (QED) is 0.690. The second kappa shape index (κ2) is 4.30. The van der Waals surface area contributed by atoms with E-state index in [9.17, 15) is 9.36 Å². The van der Waals surface area contributed by atoms with Crippen LogP contribution in [0, 0.1) is 0 Å². The van der Waals surface area contributed by atoms with Crippen LogP contribution in [0.5, 0.6) is 0 Å². The molecule has 1 atom stereocenters. The van der Waals surface area contributed by atoms with Crippen LogP contribution in [0.15, 0.2) is 54.6 Å².